The molecular weight excluding hydrogens is 452 g/mol. The fraction of sp³-hybridized carbons (Fsp3) is 0.280. The highest BCUT2D eigenvalue weighted by Gasteiger charge is 2.28. The summed E-state index contributed by atoms with van der Waals surface area (Å²) in [5.41, 5.74) is 2.33. The van der Waals surface area contributed by atoms with Crippen LogP contribution in [0.3, 0.4) is 0 Å². The normalized spacial score (nSPS) is 14.0. The van der Waals surface area contributed by atoms with Gasteiger partial charge in [-0.15, -0.1) is 11.3 Å². The van der Waals surface area contributed by atoms with E-state index in [4.69, 9.17) is 9.15 Å². The minimum Gasteiger partial charge on any atom is -0.497 e. The van der Waals surface area contributed by atoms with Gasteiger partial charge in [0.2, 0.25) is 0 Å². The molecule has 8 nitrogen and oxygen atoms in total. The van der Waals surface area contributed by atoms with Crippen molar-refractivity contribution >= 4 is 33.4 Å². The summed E-state index contributed by atoms with van der Waals surface area (Å²) in [6.45, 7) is 5.81. The Balaban J connectivity index is 1.32. The fourth-order valence-electron chi connectivity index (χ4n) is 4.23. The molecule has 5 rings (SSSR count). The van der Waals surface area contributed by atoms with E-state index in [1.54, 1.807) is 48.6 Å². The van der Waals surface area contributed by atoms with Crippen LogP contribution in [0, 0.1) is 13.8 Å². The number of methoxy groups -OCH3 is 1. The fourth-order valence-corrected chi connectivity index (χ4v) is 5.43. The van der Waals surface area contributed by atoms with E-state index < -0.39 is 0 Å². The second kappa shape index (κ2) is 8.90. The largest absolute Gasteiger partial charge is 0.497 e. The molecule has 0 spiro atoms. The highest BCUT2D eigenvalue weighted by atomic mass is 32.1. The Morgan fingerprint density at radius 2 is 1.65 bits per heavy atom. The molecule has 0 atom stereocenters. The lowest BCUT2D eigenvalue weighted by Crippen LogP contribution is -2.50. The highest BCUT2D eigenvalue weighted by Crippen LogP contribution is 2.34. The second-order valence-corrected chi connectivity index (χ2v) is 9.16. The highest BCUT2D eigenvalue weighted by molar-refractivity contribution is 7.20. The van der Waals surface area contributed by atoms with Gasteiger partial charge < -0.3 is 19.0 Å². The minimum atomic E-state index is -0.0378. The van der Waals surface area contributed by atoms with Gasteiger partial charge in [0.25, 0.3) is 11.8 Å². The zero-order valence-electron chi connectivity index (χ0n) is 19.2. The van der Waals surface area contributed by atoms with E-state index in [1.807, 2.05) is 24.8 Å². The molecule has 174 valence electrons. The SMILES string of the molecule is COc1ccc(C(=O)N2CCN(C(=O)c3sc4nc(-c5ccco5)nc(C)c4c3C)CC2)cc1. The van der Waals surface area contributed by atoms with Gasteiger partial charge in [-0.05, 0) is 55.8 Å². The third-order valence-electron chi connectivity index (χ3n) is 6.10. The van der Waals surface area contributed by atoms with Crippen molar-refractivity contribution in [1.29, 1.82) is 0 Å². The molecule has 1 aliphatic heterocycles. The van der Waals surface area contributed by atoms with Crippen molar-refractivity contribution in [3.8, 4) is 17.3 Å². The molecule has 0 aliphatic carbocycles. The van der Waals surface area contributed by atoms with E-state index in [1.165, 1.54) is 11.3 Å². The van der Waals surface area contributed by atoms with Gasteiger partial charge in [0.1, 0.15) is 10.6 Å². The predicted octanol–water partition coefficient (Wildman–Crippen LogP) is 4.17. The molecule has 0 N–H and O–H groups in total. The van der Waals surface area contributed by atoms with Crippen molar-refractivity contribution in [2.24, 2.45) is 0 Å². The molecule has 0 saturated carbocycles. The van der Waals surface area contributed by atoms with Gasteiger partial charge in [0.05, 0.1) is 23.9 Å². The first-order valence-electron chi connectivity index (χ1n) is 11.0. The second-order valence-electron chi connectivity index (χ2n) is 8.16. The number of carbonyl (C=O) groups excluding carboxylic acids is 2. The lowest BCUT2D eigenvalue weighted by molar-refractivity contribution is 0.0537. The molecule has 1 saturated heterocycles. The Morgan fingerprint density at radius 1 is 0.971 bits per heavy atom. The van der Waals surface area contributed by atoms with E-state index >= 15 is 0 Å². The summed E-state index contributed by atoms with van der Waals surface area (Å²) in [6.07, 6.45) is 1.59. The van der Waals surface area contributed by atoms with Crippen molar-refractivity contribution < 1.29 is 18.7 Å². The molecule has 4 aromatic rings. The van der Waals surface area contributed by atoms with Crippen LogP contribution in [-0.2, 0) is 0 Å². The summed E-state index contributed by atoms with van der Waals surface area (Å²) in [5, 5.41) is 0.914. The summed E-state index contributed by atoms with van der Waals surface area (Å²) in [4.78, 5) is 40.5. The average molecular weight is 477 g/mol. The van der Waals surface area contributed by atoms with Crippen LogP contribution < -0.4 is 4.74 Å². The topological polar surface area (TPSA) is 88.8 Å². The van der Waals surface area contributed by atoms with Crippen molar-refractivity contribution in [2.75, 3.05) is 33.3 Å². The van der Waals surface area contributed by atoms with E-state index in [-0.39, 0.29) is 11.8 Å². The Hall–Kier alpha value is -3.72. The van der Waals surface area contributed by atoms with Crippen molar-refractivity contribution in [3.63, 3.8) is 0 Å². The van der Waals surface area contributed by atoms with E-state index in [9.17, 15) is 9.59 Å². The van der Waals surface area contributed by atoms with Crippen molar-refractivity contribution in [3.05, 3.63) is 64.4 Å². The first-order valence-corrected chi connectivity index (χ1v) is 11.8. The Bertz CT molecular complexity index is 1350. The molecule has 1 aromatic carbocycles. The van der Waals surface area contributed by atoms with Crippen LogP contribution in [0.2, 0.25) is 0 Å². The van der Waals surface area contributed by atoms with Gasteiger partial charge in [0, 0.05) is 37.1 Å². The maximum Gasteiger partial charge on any atom is 0.264 e. The van der Waals surface area contributed by atoms with Crippen LogP contribution in [0.25, 0.3) is 21.8 Å². The van der Waals surface area contributed by atoms with E-state index in [0.717, 1.165) is 21.5 Å². The number of thiophene rings is 1. The number of hydrogen-bond donors (Lipinski definition) is 0. The number of nitrogens with zero attached hydrogens (tertiary/aromatic N) is 4. The summed E-state index contributed by atoms with van der Waals surface area (Å²) in [5.74, 6) is 1.75. The van der Waals surface area contributed by atoms with Gasteiger partial charge in [-0.2, -0.15) is 0 Å². The minimum absolute atomic E-state index is 0.0315. The van der Waals surface area contributed by atoms with Gasteiger partial charge in [0.15, 0.2) is 11.6 Å². The van der Waals surface area contributed by atoms with Crippen LogP contribution >= 0.6 is 11.3 Å². The summed E-state index contributed by atoms with van der Waals surface area (Å²) >= 11 is 1.38. The van der Waals surface area contributed by atoms with Gasteiger partial charge in [-0.25, -0.2) is 9.97 Å². The zero-order valence-corrected chi connectivity index (χ0v) is 20.0. The first kappa shape index (κ1) is 22.1. The standard InChI is InChI=1S/C25H24N4O4S/c1-15-20-16(2)26-22(19-5-4-14-33-19)27-23(20)34-21(15)25(31)29-12-10-28(11-13-29)24(30)17-6-8-18(32-3)9-7-17/h4-9,14H,10-13H2,1-3H3. The van der Waals surface area contributed by atoms with E-state index in [0.29, 0.717) is 54.0 Å². The molecule has 2 amide bonds. The first-order chi connectivity index (χ1) is 16.5. The maximum atomic E-state index is 13.4. The lowest BCUT2D eigenvalue weighted by atomic mass is 10.1. The predicted molar refractivity (Wildman–Crippen MR) is 129 cm³/mol. The molecule has 0 radical (unpaired) electrons. The Kier molecular flexibility index (Phi) is 5.79. The van der Waals surface area contributed by atoms with Crippen LogP contribution in [0.15, 0.2) is 47.1 Å². The van der Waals surface area contributed by atoms with Gasteiger partial charge in [-0.1, -0.05) is 0 Å². The molecule has 4 heterocycles. The summed E-state index contributed by atoms with van der Waals surface area (Å²) in [6, 6.07) is 10.7. The van der Waals surface area contributed by atoms with Gasteiger partial charge in [-0.3, -0.25) is 9.59 Å². The molecule has 1 fully saturated rings. The van der Waals surface area contributed by atoms with Gasteiger partial charge >= 0.3 is 0 Å². The summed E-state index contributed by atoms with van der Waals surface area (Å²) in [7, 11) is 1.59. The summed E-state index contributed by atoms with van der Waals surface area (Å²) < 4.78 is 10.6. The number of benzene rings is 1. The van der Waals surface area contributed by atoms with Crippen molar-refractivity contribution in [1.82, 2.24) is 19.8 Å². The number of ether oxygens (including phenoxy) is 1. The third-order valence-corrected chi connectivity index (χ3v) is 7.27. The number of fused-ring (bicyclic) bond motifs is 1. The Morgan fingerprint density at radius 3 is 2.26 bits per heavy atom. The molecular formula is C25H24N4O4S. The van der Waals surface area contributed by atoms with Crippen LogP contribution in [0.4, 0.5) is 0 Å². The molecule has 0 bridgehead atoms. The number of carbonyl (C=O) groups is 2. The van der Waals surface area contributed by atoms with Crippen LogP contribution in [-0.4, -0.2) is 64.9 Å². The maximum absolute atomic E-state index is 13.4. The lowest BCUT2D eigenvalue weighted by Gasteiger charge is -2.34. The third kappa shape index (κ3) is 3.92. The number of aromatic nitrogens is 2. The molecule has 9 heteroatoms. The number of hydrogen-bond acceptors (Lipinski definition) is 7. The number of piperazine rings is 1. The number of furan rings is 1. The van der Waals surface area contributed by atoms with Crippen molar-refractivity contribution in [2.45, 2.75) is 13.8 Å². The van der Waals surface area contributed by atoms with Crippen LogP contribution in [0.1, 0.15) is 31.3 Å². The molecule has 1 aliphatic rings. The number of aryl methyl sites for hydroxylation is 2. The average Bonchev–Trinajstić information content (AvgIpc) is 3.52. The zero-order chi connectivity index (χ0) is 23.8. The monoisotopic (exact) mass is 476 g/mol. The quantitative estimate of drug-likeness (QED) is 0.439. The smallest absolute Gasteiger partial charge is 0.264 e. The van der Waals surface area contributed by atoms with E-state index in [2.05, 4.69) is 9.97 Å². The molecule has 0 unspecified atom stereocenters. The molecule has 34 heavy (non-hydrogen) atoms. The Labute approximate surface area is 200 Å². The van der Waals surface area contributed by atoms with Crippen LogP contribution in [0.5, 0.6) is 5.75 Å². The number of amides is 2. The number of rotatable bonds is 4. The molecule has 3 aromatic heterocycles.